The van der Waals surface area contributed by atoms with E-state index in [9.17, 15) is 0 Å². The molecule has 0 aromatic heterocycles. The molecule has 0 amide bonds. The monoisotopic (exact) mass is 475 g/mol. The van der Waals surface area contributed by atoms with Gasteiger partial charge in [0, 0.05) is 32.7 Å². The summed E-state index contributed by atoms with van der Waals surface area (Å²) in [5, 5.41) is 13.6. The Kier molecular flexibility index (Phi) is 10.8. The normalized spacial score (nSPS) is 14.0. The summed E-state index contributed by atoms with van der Waals surface area (Å²) in [5.74, 6) is 0. The molecule has 1 heterocycles. The van der Waals surface area contributed by atoms with E-state index in [0.717, 1.165) is 45.8 Å². The van der Waals surface area contributed by atoms with Crippen LogP contribution in [0.2, 0.25) is 0 Å². The average molecular weight is 476 g/mol. The number of allylic oxidation sites excluding steroid dienone is 1. The lowest BCUT2D eigenvalue weighted by Crippen LogP contribution is -2.45. The Labute approximate surface area is 207 Å². The molecule has 0 unspecified atom stereocenters. The minimum Gasteiger partial charge on any atom is -0.375 e. The molecule has 1 N–H and O–H groups in total. The zero-order chi connectivity index (χ0) is 24.7. The number of benzene rings is 3. The van der Waals surface area contributed by atoms with Crippen molar-refractivity contribution in [3.8, 4) is 0 Å². The molecule has 4 rings (SSSR count). The van der Waals surface area contributed by atoms with Crippen LogP contribution in [-0.2, 0) is 11.2 Å². The Balaban J connectivity index is 0.000000795. The van der Waals surface area contributed by atoms with Crippen LogP contribution < -0.4 is 0 Å². The van der Waals surface area contributed by atoms with Gasteiger partial charge in [0.05, 0.1) is 6.61 Å². The highest BCUT2D eigenvalue weighted by Crippen LogP contribution is 2.25. The lowest BCUT2D eigenvalue weighted by molar-refractivity contribution is -0.742. The summed E-state index contributed by atoms with van der Waals surface area (Å²) in [6.07, 6.45) is 5.53. The van der Waals surface area contributed by atoms with Crippen LogP contribution >= 0.6 is 0 Å². The van der Waals surface area contributed by atoms with Crippen LogP contribution in [0.1, 0.15) is 22.8 Å². The average Bonchev–Trinajstić information content (AvgIpc) is 2.89. The zero-order valence-corrected chi connectivity index (χ0v) is 19.9. The third-order valence-electron chi connectivity index (χ3n) is 5.82. The maximum absolute atomic E-state index is 8.36. The van der Waals surface area contributed by atoms with E-state index in [1.807, 2.05) is 0 Å². The third-order valence-corrected chi connectivity index (χ3v) is 5.82. The molecule has 0 atom stereocenters. The number of nitrogens with zero attached hydrogens (tertiary/aromatic N) is 3. The van der Waals surface area contributed by atoms with Crippen LogP contribution in [0.4, 0.5) is 0 Å². The quantitative estimate of drug-likeness (QED) is 0.353. The molecule has 0 radical (unpaired) electrons. The first kappa shape index (κ1) is 25.9. The fourth-order valence-corrected chi connectivity index (χ4v) is 4.03. The molecule has 1 aliphatic heterocycles. The molecule has 7 heteroatoms. The van der Waals surface area contributed by atoms with Gasteiger partial charge in [-0.25, -0.2) is 0 Å². The SMILES string of the molecule is C(=C\N1CCN(CCOC(c2ccccc2)c2ccccc2)CC1)/Cc1ccccc1.O=[N+]([O-])O. The minimum absolute atomic E-state index is 0.00962. The highest BCUT2D eigenvalue weighted by atomic mass is 16.9. The number of hydrogen-bond donors (Lipinski definition) is 1. The van der Waals surface area contributed by atoms with Crippen molar-refractivity contribution in [3.63, 3.8) is 0 Å². The molecule has 0 spiro atoms. The summed E-state index contributed by atoms with van der Waals surface area (Å²) >= 11 is 0. The van der Waals surface area contributed by atoms with Crippen LogP contribution in [0, 0.1) is 10.1 Å². The Hall–Kier alpha value is -3.68. The number of hydrogen-bond acceptors (Lipinski definition) is 5. The summed E-state index contributed by atoms with van der Waals surface area (Å²) in [6.45, 7) is 6.02. The smallest absolute Gasteiger partial charge is 0.291 e. The van der Waals surface area contributed by atoms with E-state index in [0.29, 0.717) is 0 Å². The fourth-order valence-electron chi connectivity index (χ4n) is 4.03. The summed E-state index contributed by atoms with van der Waals surface area (Å²) in [5.41, 5.74) is 3.78. The highest BCUT2D eigenvalue weighted by molar-refractivity contribution is 5.29. The predicted molar refractivity (Wildman–Crippen MR) is 137 cm³/mol. The van der Waals surface area contributed by atoms with E-state index in [2.05, 4.69) is 113 Å². The van der Waals surface area contributed by atoms with Gasteiger partial charge >= 0.3 is 0 Å². The molecule has 0 aliphatic carbocycles. The summed E-state index contributed by atoms with van der Waals surface area (Å²) in [7, 11) is 0. The molecule has 3 aromatic rings. The van der Waals surface area contributed by atoms with E-state index in [1.165, 1.54) is 16.7 Å². The Morgan fingerprint density at radius 2 is 1.34 bits per heavy atom. The van der Waals surface area contributed by atoms with Crippen LogP contribution in [0.15, 0.2) is 103 Å². The summed E-state index contributed by atoms with van der Waals surface area (Å²) in [6, 6.07) is 31.7. The van der Waals surface area contributed by atoms with E-state index in [-0.39, 0.29) is 6.10 Å². The van der Waals surface area contributed by atoms with Crippen molar-refractivity contribution in [2.24, 2.45) is 0 Å². The molecule has 1 fully saturated rings. The summed E-state index contributed by atoms with van der Waals surface area (Å²) < 4.78 is 6.39. The van der Waals surface area contributed by atoms with Gasteiger partial charge in [-0.05, 0) is 29.3 Å². The van der Waals surface area contributed by atoms with Crippen molar-refractivity contribution in [1.29, 1.82) is 0 Å². The van der Waals surface area contributed by atoms with Gasteiger partial charge < -0.3 is 14.8 Å². The third kappa shape index (κ3) is 9.60. The first-order chi connectivity index (χ1) is 17.1. The van der Waals surface area contributed by atoms with Gasteiger partial charge in [0.25, 0.3) is 5.09 Å². The van der Waals surface area contributed by atoms with Gasteiger partial charge in [-0.15, -0.1) is 10.1 Å². The van der Waals surface area contributed by atoms with Crippen molar-refractivity contribution < 1.29 is 15.0 Å². The number of piperazine rings is 1. The van der Waals surface area contributed by atoms with Crippen LogP contribution in [0.25, 0.3) is 0 Å². The molecule has 1 saturated heterocycles. The second kappa shape index (κ2) is 14.6. The fraction of sp³-hybridized carbons (Fsp3) is 0.286. The van der Waals surface area contributed by atoms with Crippen molar-refractivity contribution in [3.05, 3.63) is 130 Å². The second-order valence-corrected chi connectivity index (χ2v) is 8.26. The number of rotatable bonds is 9. The molecule has 3 aromatic carbocycles. The van der Waals surface area contributed by atoms with Gasteiger partial charge in [0.15, 0.2) is 0 Å². The van der Waals surface area contributed by atoms with E-state index >= 15 is 0 Å². The van der Waals surface area contributed by atoms with Gasteiger partial charge in [0.2, 0.25) is 0 Å². The molecule has 0 saturated carbocycles. The van der Waals surface area contributed by atoms with Crippen molar-refractivity contribution in [2.45, 2.75) is 12.5 Å². The summed E-state index contributed by atoms with van der Waals surface area (Å²) in [4.78, 5) is 13.3. The van der Waals surface area contributed by atoms with Gasteiger partial charge in [-0.3, -0.25) is 4.90 Å². The molecule has 0 bridgehead atoms. The van der Waals surface area contributed by atoms with E-state index in [4.69, 9.17) is 20.1 Å². The topological polar surface area (TPSA) is 79.1 Å². The molecular formula is C28H33N3O4. The van der Waals surface area contributed by atoms with Crippen LogP contribution in [-0.4, -0.2) is 59.4 Å². The molecule has 184 valence electrons. The molecule has 1 aliphatic rings. The first-order valence-corrected chi connectivity index (χ1v) is 11.8. The molecule has 35 heavy (non-hydrogen) atoms. The van der Waals surface area contributed by atoms with Gasteiger partial charge in [-0.2, -0.15) is 0 Å². The standard InChI is InChI=1S/C28H32N2O.HNO3/c1-4-11-25(12-5-1)13-10-18-29-19-21-30(22-20-29)23-24-31-28(26-14-6-2-7-15-26)27-16-8-3-9-17-27;2-1(3)4/h1-12,14-18,28H,13,19-24H2;(H,2,3,4)/b18-10+;. The first-order valence-electron chi connectivity index (χ1n) is 11.8. The molecular weight excluding hydrogens is 442 g/mol. The van der Waals surface area contributed by atoms with Gasteiger partial charge in [0.1, 0.15) is 6.10 Å². The maximum Gasteiger partial charge on any atom is 0.291 e. The largest absolute Gasteiger partial charge is 0.375 e. The van der Waals surface area contributed by atoms with Crippen molar-refractivity contribution in [2.75, 3.05) is 39.3 Å². The maximum atomic E-state index is 8.36. The van der Waals surface area contributed by atoms with Crippen molar-refractivity contribution >= 4 is 0 Å². The number of ether oxygens (including phenoxy) is 1. The highest BCUT2D eigenvalue weighted by Gasteiger charge is 2.17. The van der Waals surface area contributed by atoms with E-state index in [1.54, 1.807) is 0 Å². The Bertz CT molecular complexity index is 965. The van der Waals surface area contributed by atoms with Crippen molar-refractivity contribution in [1.82, 2.24) is 9.80 Å². The Morgan fingerprint density at radius 1 is 0.857 bits per heavy atom. The lowest BCUT2D eigenvalue weighted by atomic mass is 10.0. The zero-order valence-electron chi connectivity index (χ0n) is 19.9. The van der Waals surface area contributed by atoms with Crippen LogP contribution in [0.5, 0.6) is 0 Å². The van der Waals surface area contributed by atoms with Crippen LogP contribution in [0.3, 0.4) is 0 Å². The molecule has 7 nitrogen and oxygen atoms in total. The lowest BCUT2D eigenvalue weighted by Gasteiger charge is -2.34. The Morgan fingerprint density at radius 3 is 1.86 bits per heavy atom. The second-order valence-electron chi connectivity index (χ2n) is 8.26. The predicted octanol–water partition coefficient (Wildman–Crippen LogP) is 4.82. The minimum atomic E-state index is -1.50. The van der Waals surface area contributed by atoms with E-state index < -0.39 is 5.09 Å². The van der Waals surface area contributed by atoms with Gasteiger partial charge in [-0.1, -0.05) is 97.1 Å².